The summed E-state index contributed by atoms with van der Waals surface area (Å²) in [6, 6.07) is 0.610. The fraction of sp³-hybridized carbons (Fsp3) is 0.750. The summed E-state index contributed by atoms with van der Waals surface area (Å²) in [6.07, 6.45) is 5.16. The Morgan fingerprint density at radius 3 is 2.61 bits per heavy atom. The molecule has 0 unspecified atom stereocenters. The van der Waals surface area contributed by atoms with Crippen molar-refractivity contribution in [2.75, 3.05) is 23.3 Å². The molecular weight excluding hydrogens is 250 g/mol. The molecule has 0 saturated heterocycles. The highest BCUT2D eigenvalue weighted by Crippen LogP contribution is 2.36. The maximum absolute atomic E-state index is 5.98. The third-order valence-electron chi connectivity index (χ3n) is 3.33. The summed E-state index contributed by atoms with van der Waals surface area (Å²) in [5, 5.41) is 3.37. The number of aromatic nitrogens is 3. The number of hydrogen-bond acceptors (Lipinski definition) is 5. The van der Waals surface area contributed by atoms with Gasteiger partial charge in [-0.15, -0.1) is 0 Å². The molecule has 0 radical (unpaired) electrons. The number of nitrogens with zero attached hydrogens (tertiary/aromatic N) is 4. The summed E-state index contributed by atoms with van der Waals surface area (Å²) in [5.74, 6) is 2.14. The van der Waals surface area contributed by atoms with Crippen LogP contribution in [0, 0.1) is 5.92 Å². The highest BCUT2D eigenvalue weighted by atomic mass is 35.5. The van der Waals surface area contributed by atoms with Crippen molar-refractivity contribution in [3.63, 3.8) is 0 Å². The van der Waals surface area contributed by atoms with E-state index in [2.05, 4.69) is 25.2 Å². The van der Waals surface area contributed by atoms with E-state index in [-0.39, 0.29) is 5.28 Å². The Morgan fingerprint density at radius 2 is 2.00 bits per heavy atom. The summed E-state index contributed by atoms with van der Waals surface area (Å²) < 4.78 is 0. The summed E-state index contributed by atoms with van der Waals surface area (Å²) >= 11 is 5.98. The molecule has 1 heterocycles. The molecule has 0 bridgehead atoms. The van der Waals surface area contributed by atoms with Gasteiger partial charge in [0.15, 0.2) is 0 Å². The molecule has 6 heteroatoms. The van der Waals surface area contributed by atoms with Crippen LogP contribution in [0.15, 0.2) is 0 Å². The average Bonchev–Trinajstić information content (AvgIpc) is 3.19. The number of nitrogens with one attached hydrogen (secondary N) is 1. The molecular formula is C12H18ClN5. The summed E-state index contributed by atoms with van der Waals surface area (Å²) in [7, 11) is 0. The zero-order valence-electron chi connectivity index (χ0n) is 10.6. The van der Waals surface area contributed by atoms with Crippen LogP contribution in [0.4, 0.5) is 11.9 Å². The zero-order chi connectivity index (χ0) is 12.5. The Bertz CT molecular complexity index is 430. The molecule has 1 aromatic heterocycles. The second-order valence-electron chi connectivity index (χ2n) is 5.09. The molecule has 0 aliphatic heterocycles. The molecule has 1 aromatic rings. The third kappa shape index (κ3) is 2.83. The first kappa shape index (κ1) is 12.0. The second-order valence-corrected chi connectivity index (χ2v) is 5.42. The molecule has 3 rings (SSSR count). The molecule has 0 amide bonds. The second kappa shape index (κ2) is 4.88. The van der Waals surface area contributed by atoms with E-state index < -0.39 is 0 Å². The van der Waals surface area contributed by atoms with Crippen molar-refractivity contribution < 1.29 is 0 Å². The lowest BCUT2D eigenvalue weighted by Crippen LogP contribution is -2.30. The van der Waals surface area contributed by atoms with Crippen LogP contribution in [-0.4, -0.2) is 34.1 Å². The van der Waals surface area contributed by atoms with Crippen LogP contribution in [0.1, 0.15) is 32.6 Å². The normalized spacial score (nSPS) is 18.8. The Morgan fingerprint density at radius 1 is 1.22 bits per heavy atom. The Kier molecular flexibility index (Phi) is 3.24. The number of rotatable bonds is 6. The van der Waals surface area contributed by atoms with Crippen LogP contribution >= 0.6 is 11.6 Å². The van der Waals surface area contributed by atoms with Crippen LogP contribution in [0.3, 0.4) is 0 Å². The lowest BCUT2D eigenvalue weighted by atomic mass is 10.3. The molecule has 2 aliphatic carbocycles. The predicted molar refractivity (Wildman–Crippen MR) is 72.1 cm³/mol. The van der Waals surface area contributed by atoms with E-state index >= 15 is 0 Å². The van der Waals surface area contributed by atoms with Gasteiger partial charge in [-0.25, -0.2) is 0 Å². The molecule has 0 aromatic carbocycles. The average molecular weight is 268 g/mol. The Labute approximate surface area is 112 Å². The third-order valence-corrected chi connectivity index (χ3v) is 3.50. The van der Waals surface area contributed by atoms with Crippen molar-refractivity contribution in [3.8, 4) is 0 Å². The number of halogens is 1. The monoisotopic (exact) mass is 267 g/mol. The van der Waals surface area contributed by atoms with Gasteiger partial charge in [0, 0.05) is 19.1 Å². The minimum Gasteiger partial charge on any atom is -0.354 e. The van der Waals surface area contributed by atoms with Crippen molar-refractivity contribution >= 4 is 23.5 Å². The number of hydrogen-bond donors (Lipinski definition) is 1. The highest BCUT2D eigenvalue weighted by molar-refractivity contribution is 6.28. The van der Waals surface area contributed by atoms with Gasteiger partial charge >= 0.3 is 0 Å². The van der Waals surface area contributed by atoms with Crippen LogP contribution in [0.25, 0.3) is 0 Å². The van der Waals surface area contributed by atoms with E-state index in [9.17, 15) is 0 Å². The van der Waals surface area contributed by atoms with Gasteiger partial charge in [0.2, 0.25) is 17.2 Å². The predicted octanol–water partition coefficient (Wildman–Crippen LogP) is 2.34. The Hall–Kier alpha value is -1.10. The fourth-order valence-corrected chi connectivity index (χ4v) is 2.22. The van der Waals surface area contributed by atoms with Gasteiger partial charge in [0.25, 0.3) is 0 Å². The Balaban J connectivity index is 1.82. The number of anilines is 2. The quantitative estimate of drug-likeness (QED) is 0.857. The van der Waals surface area contributed by atoms with Gasteiger partial charge in [0.05, 0.1) is 0 Å². The summed E-state index contributed by atoms with van der Waals surface area (Å²) in [6.45, 7) is 3.86. The minimum atomic E-state index is 0.275. The van der Waals surface area contributed by atoms with Gasteiger partial charge in [0.1, 0.15) is 0 Å². The van der Waals surface area contributed by atoms with Crippen LogP contribution in [0.5, 0.6) is 0 Å². The molecule has 0 atom stereocenters. The first-order valence-corrected chi connectivity index (χ1v) is 7.06. The van der Waals surface area contributed by atoms with E-state index in [4.69, 9.17) is 11.6 Å². The van der Waals surface area contributed by atoms with E-state index in [1.54, 1.807) is 0 Å². The lowest BCUT2D eigenvalue weighted by molar-refractivity contribution is 0.694. The van der Waals surface area contributed by atoms with Crippen molar-refractivity contribution in [2.45, 2.75) is 38.6 Å². The van der Waals surface area contributed by atoms with Crippen molar-refractivity contribution in [2.24, 2.45) is 5.92 Å². The van der Waals surface area contributed by atoms with Gasteiger partial charge in [-0.1, -0.05) is 0 Å². The van der Waals surface area contributed by atoms with Gasteiger partial charge in [-0.05, 0) is 50.1 Å². The summed E-state index contributed by atoms with van der Waals surface area (Å²) in [5.41, 5.74) is 0. The molecule has 0 spiro atoms. The fourth-order valence-electron chi connectivity index (χ4n) is 2.06. The molecule has 2 aliphatic rings. The first-order chi connectivity index (χ1) is 8.76. The van der Waals surface area contributed by atoms with Crippen molar-refractivity contribution in [1.29, 1.82) is 0 Å². The standard InChI is InChI=1S/C12H18ClN5/c1-2-14-11-15-10(13)16-12(17-11)18(9-5-6-9)7-8-3-4-8/h8-9H,2-7H2,1H3,(H,14,15,16,17). The van der Waals surface area contributed by atoms with E-state index in [1.807, 2.05) is 6.92 Å². The largest absolute Gasteiger partial charge is 0.354 e. The zero-order valence-corrected chi connectivity index (χ0v) is 11.3. The maximum Gasteiger partial charge on any atom is 0.231 e. The first-order valence-electron chi connectivity index (χ1n) is 6.68. The van der Waals surface area contributed by atoms with Crippen LogP contribution < -0.4 is 10.2 Å². The smallest absolute Gasteiger partial charge is 0.231 e. The van der Waals surface area contributed by atoms with E-state index in [0.29, 0.717) is 12.0 Å². The SMILES string of the molecule is CCNc1nc(Cl)nc(N(CC2CC2)C2CC2)n1. The van der Waals surface area contributed by atoms with E-state index in [1.165, 1.54) is 25.7 Å². The molecule has 98 valence electrons. The molecule has 18 heavy (non-hydrogen) atoms. The topological polar surface area (TPSA) is 53.9 Å². The molecule has 2 fully saturated rings. The molecule has 5 nitrogen and oxygen atoms in total. The summed E-state index contributed by atoms with van der Waals surface area (Å²) in [4.78, 5) is 15.2. The van der Waals surface area contributed by atoms with Crippen LogP contribution in [-0.2, 0) is 0 Å². The molecule has 1 N–H and O–H groups in total. The van der Waals surface area contributed by atoms with Gasteiger partial charge in [-0.3, -0.25) is 0 Å². The van der Waals surface area contributed by atoms with Crippen LogP contribution in [0.2, 0.25) is 5.28 Å². The highest BCUT2D eigenvalue weighted by Gasteiger charge is 2.35. The lowest BCUT2D eigenvalue weighted by Gasteiger charge is -2.22. The van der Waals surface area contributed by atoms with Gasteiger partial charge in [-0.2, -0.15) is 15.0 Å². The maximum atomic E-state index is 5.98. The molecule has 2 saturated carbocycles. The van der Waals surface area contributed by atoms with Crippen molar-refractivity contribution in [3.05, 3.63) is 5.28 Å². The van der Waals surface area contributed by atoms with E-state index in [0.717, 1.165) is 25.0 Å². The minimum absolute atomic E-state index is 0.275. The van der Waals surface area contributed by atoms with Crippen molar-refractivity contribution in [1.82, 2.24) is 15.0 Å². The van der Waals surface area contributed by atoms with Gasteiger partial charge < -0.3 is 10.2 Å².